The van der Waals surface area contributed by atoms with Crippen molar-refractivity contribution in [3.63, 3.8) is 0 Å². The summed E-state index contributed by atoms with van der Waals surface area (Å²) in [6.45, 7) is 6.06. The summed E-state index contributed by atoms with van der Waals surface area (Å²) < 4.78 is 25.8. The van der Waals surface area contributed by atoms with Gasteiger partial charge in [-0.15, -0.1) is 0 Å². The quantitative estimate of drug-likeness (QED) is 0.640. The molecule has 4 rings (SSSR count). The highest BCUT2D eigenvalue weighted by atomic mass is 32.2. The van der Waals surface area contributed by atoms with Crippen molar-refractivity contribution in [1.82, 2.24) is 4.90 Å². The lowest BCUT2D eigenvalue weighted by Crippen LogP contribution is -2.32. The molecule has 5 nitrogen and oxygen atoms in total. The van der Waals surface area contributed by atoms with Crippen LogP contribution in [0.1, 0.15) is 57.4 Å². The summed E-state index contributed by atoms with van der Waals surface area (Å²) in [5.74, 6) is 1.36. The molecule has 0 spiro atoms. The fraction of sp³-hybridized carbons (Fsp3) is 0.739. The van der Waals surface area contributed by atoms with Crippen LogP contribution in [0, 0.1) is 17.3 Å². The third-order valence-electron chi connectivity index (χ3n) is 8.08. The van der Waals surface area contributed by atoms with E-state index in [1.807, 2.05) is 18.2 Å². The number of likely N-dealkylation sites (tertiary alicyclic amines) is 1. The van der Waals surface area contributed by atoms with Gasteiger partial charge < -0.3 is 10.0 Å². The number of aliphatic hydroxyl groups is 1. The molecule has 0 radical (unpaired) electrons. The van der Waals surface area contributed by atoms with Crippen molar-refractivity contribution in [1.29, 1.82) is 0 Å². The molecule has 2 saturated carbocycles. The minimum atomic E-state index is -3.25. The molecule has 29 heavy (non-hydrogen) atoms. The molecule has 6 heteroatoms. The topological polar surface area (TPSA) is 69.6 Å². The maximum absolute atomic E-state index is 11.6. The van der Waals surface area contributed by atoms with Crippen molar-refractivity contribution in [3.8, 4) is 0 Å². The molecule has 0 amide bonds. The Kier molecular flexibility index (Phi) is 5.73. The molecule has 3 fully saturated rings. The summed E-state index contributed by atoms with van der Waals surface area (Å²) in [4.78, 5) is 2.61. The van der Waals surface area contributed by atoms with Crippen LogP contribution in [0.25, 0.3) is 0 Å². The van der Waals surface area contributed by atoms with Gasteiger partial charge in [-0.2, -0.15) is 0 Å². The molecule has 1 aromatic carbocycles. The minimum absolute atomic E-state index is 0.211. The van der Waals surface area contributed by atoms with Gasteiger partial charge in [-0.05, 0) is 73.6 Å². The molecule has 1 aliphatic heterocycles. The van der Waals surface area contributed by atoms with E-state index in [9.17, 15) is 13.5 Å². The third kappa shape index (κ3) is 4.08. The SMILES string of the molecule is CCC1(c2cccc(NS(C)(=O)=O)c2)C2CN(CCCC3(CO)CCCC3)CC21. The first-order chi connectivity index (χ1) is 13.8. The molecule has 1 aromatic rings. The van der Waals surface area contributed by atoms with E-state index >= 15 is 0 Å². The second-order valence-electron chi connectivity index (χ2n) is 9.79. The van der Waals surface area contributed by atoms with Crippen molar-refractivity contribution in [2.24, 2.45) is 17.3 Å². The maximum atomic E-state index is 11.6. The van der Waals surface area contributed by atoms with Crippen LogP contribution in [0.15, 0.2) is 24.3 Å². The third-order valence-corrected chi connectivity index (χ3v) is 8.69. The Bertz CT molecular complexity index is 820. The molecule has 2 aliphatic carbocycles. The van der Waals surface area contributed by atoms with E-state index in [1.54, 1.807) is 0 Å². The van der Waals surface area contributed by atoms with Gasteiger partial charge in [-0.3, -0.25) is 4.72 Å². The molecule has 2 atom stereocenters. The number of nitrogens with one attached hydrogen (secondary N) is 1. The Labute approximate surface area is 175 Å². The molecule has 0 aromatic heterocycles. The van der Waals surface area contributed by atoms with Gasteiger partial charge in [0.15, 0.2) is 0 Å². The summed E-state index contributed by atoms with van der Waals surface area (Å²) >= 11 is 0. The number of sulfonamides is 1. The highest BCUT2D eigenvalue weighted by Crippen LogP contribution is 2.65. The Morgan fingerprint density at radius 2 is 1.90 bits per heavy atom. The lowest BCUT2D eigenvalue weighted by Gasteiger charge is -2.29. The number of fused-ring (bicyclic) bond motifs is 1. The Hall–Kier alpha value is -1.11. The van der Waals surface area contributed by atoms with Crippen LogP contribution in [0.4, 0.5) is 5.69 Å². The van der Waals surface area contributed by atoms with Crippen molar-refractivity contribution in [3.05, 3.63) is 29.8 Å². The van der Waals surface area contributed by atoms with Gasteiger partial charge in [0.1, 0.15) is 0 Å². The molecule has 3 aliphatic rings. The Morgan fingerprint density at radius 3 is 2.48 bits per heavy atom. The number of nitrogens with zero attached hydrogens (tertiary/aromatic N) is 1. The summed E-state index contributed by atoms with van der Waals surface area (Å²) in [7, 11) is -3.25. The summed E-state index contributed by atoms with van der Waals surface area (Å²) in [6, 6.07) is 8.02. The minimum Gasteiger partial charge on any atom is -0.396 e. The molecule has 162 valence electrons. The van der Waals surface area contributed by atoms with Crippen LogP contribution in [0.5, 0.6) is 0 Å². The van der Waals surface area contributed by atoms with Gasteiger partial charge in [0.2, 0.25) is 10.0 Å². The van der Waals surface area contributed by atoms with E-state index in [0.29, 0.717) is 24.1 Å². The maximum Gasteiger partial charge on any atom is 0.229 e. The second-order valence-corrected chi connectivity index (χ2v) is 11.5. The number of rotatable bonds is 9. The molecular formula is C23H36N2O3S. The van der Waals surface area contributed by atoms with Crippen LogP contribution >= 0.6 is 0 Å². The standard InChI is InChI=1S/C23H36N2O3S/c1-3-23(18-8-6-9-19(14-18)24-29(2,27)28)20-15-25(16-21(20)23)13-7-12-22(17-26)10-4-5-11-22/h6,8-9,14,20-21,24,26H,3-5,7,10-13,15-17H2,1-2H3. The highest BCUT2D eigenvalue weighted by molar-refractivity contribution is 7.92. The van der Waals surface area contributed by atoms with Crippen molar-refractivity contribution in [2.75, 3.05) is 37.2 Å². The Morgan fingerprint density at radius 1 is 1.21 bits per heavy atom. The van der Waals surface area contributed by atoms with Crippen LogP contribution in [-0.2, 0) is 15.4 Å². The average Bonchev–Trinajstić information content (AvgIpc) is 3.04. The van der Waals surface area contributed by atoms with Gasteiger partial charge in [0.05, 0.1) is 6.26 Å². The number of hydrogen-bond acceptors (Lipinski definition) is 4. The van der Waals surface area contributed by atoms with Crippen molar-refractivity contribution >= 4 is 15.7 Å². The fourth-order valence-corrected chi connectivity index (χ4v) is 7.09. The van der Waals surface area contributed by atoms with Crippen LogP contribution in [0.3, 0.4) is 0 Å². The van der Waals surface area contributed by atoms with Crippen molar-refractivity contribution < 1.29 is 13.5 Å². The largest absolute Gasteiger partial charge is 0.396 e. The van der Waals surface area contributed by atoms with Crippen molar-refractivity contribution in [2.45, 2.75) is 57.3 Å². The highest BCUT2D eigenvalue weighted by Gasteiger charge is 2.67. The number of aliphatic hydroxyl groups excluding tert-OH is 1. The first-order valence-corrected chi connectivity index (χ1v) is 13.1. The molecule has 2 N–H and O–H groups in total. The predicted molar refractivity (Wildman–Crippen MR) is 118 cm³/mol. The first-order valence-electron chi connectivity index (χ1n) is 11.2. The monoisotopic (exact) mass is 420 g/mol. The normalized spacial score (nSPS) is 31.0. The molecular weight excluding hydrogens is 384 g/mol. The zero-order valence-corrected chi connectivity index (χ0v) is 18.7. The van der Waals surface area contributed by atoms with E-state index in [-0.39, 0.29) is 10.8 Å². The molecule has 1 heterocycles. The summed E-state index contributed by atoms with van der Waals surface area (Å²) in [6.07, 6.45) is 9.61. The number of benzene rings is 1. The van der Waals surface area contributed by atoms with Gasteiger partial charge in [-0.1, -0.05) is 31.9 Å². The first kappa shape index (κ1) is 21.1. The molecule has 0 bridgehead atoms. The van der Waals surface area contributed by atoms with E-state index in [1.165, 1.54) is 43.9 Å². The van der Waals surface area contributed by atoms with Gasteiger partial charge in [0.25, 0.3) is 0 Å². The second kappa shape index (κ2) is 7.86. The van der Waals surface area contributed by atoms with Crippen LogP contribution < -0.4 is 4.72 Å². The summed E-state index contributed by atoms with van der Waals surface area (Å²) in [5.41, 5.74) is 2.38. The van der Waals surface area contributed by atoms with Gasteiger partial charge in [-0.25, -0.2) is 8.42 Å². The Balaban J connectivity index is 1.35. The average molecular weight is 421 g/mol. The van der Waals surface area contributed by atoms with E-state index < -0.39 is 10.0 Å². The predicted octanol–water partition coefficient (Wildman–Crippen LogP) is 3.60. The number of anilines is 1. The number of hydrogen-bond donors (Lipinski definition) is 2. The lowest BCUT2D eigenvalue weighted by atomic mass is 9.82. The van der Waals surface area contributed by atoms with Crippen LogP contribution in [-0.4, -0.2) is 50.9 Å². The van der Waals surface area contributed by atoms with E-state index in [4.69, 9.17) is 0 Å². The van der Waals surface area contributed by atoms with Crippen LogP contribution in [0.2, 0.25) is 0 Å². The van der Waals surface area contributed by atoms with Gasteiger partial charge >= 0.3 is 0 Å². The van der Waals surface area contributed by atoms with Gasteiger partial charge in [0, 0.05) is 30.8 Å². The lowest BCUT2D eigenvalue weighted by molar-refractivity contribution is 0.113. The molecule has 2 unspecified atom stereocenters. The fourth-order valence-electron chi connectivity index (χ4n) is 6.53. The zero-order chi connectivity index (χ0) is 20.7. The summed E-state index contributed by atoms with van der Waals surface area (Å²) in [5, 5.41) is 9.82. The zero-order valence-electron chi connectivity index (χ0n) is 17.9. The smallest absolute Gasteiger partial charge is 0.229 e. The number of piperidine rings is 1. The molecule has 1 saturated heterocycles. The van der Waals surface area contributed by atoms with E-state index in [0.717, 1.165) is 32.5 Å². The van der Waals surface area contributed by atoms with E-state index in [2.05, 4.69) is 22.6 Å².